The van der Waals surface area contributed by atoms with Crippen molar-refractivity contribution in [1.82, 2.24) is 0 Å². The quantitative estimate of drug-likeness (QED) is 0.00887. The first-order valence-electron chi connectivity index (χ1n) is 37.0. The van der Waals surface area contributed by atoms with Gasteiger partial charge in [0.2, 0.25) is 0 Å². The van der Waals surface area contributed by atoms with Crippen LogP contribution in [0.2, 0.25) is 0 Å². The number of esters is 3. The van der Waals surface area contributed by atoms with Crippen LogP contribution in [-0.2, 0) is 61.2 Å². The summed E-state index contributed by atoms with van der Waals surface area (Å²) < 4.78 is 64.9. The molecular formula is C70H129O24P. The minimum atomic E-state index is -5.69. The lowest BCUT2D eigenvalue weighted by Crippen LogP contribution is -2.69. The molecule has 1 saturated carbocycles. The second-order valence-corrected chi connectivity index (χ2v) is 28.1. The van der Waals surface area contributed by atoms with E-state index in [1.165, 1.54) is 135 Å². The molecule has 3 aliphatic rings. The molecule has 0 bridgehead atoms. The fourth-order valence-electron chi connectivity index (χ4n) is 12.2. The molecule has 0 radical (unpaired) electrons. The molecule has 18 atom stereocenters. The molecular weight excluding hydrogens is 1260 g/mol. The molecule has 0 aromatic rings. The smallest absolute Gasteiger partial charge is 0.463 e. The van der Waals surface area contributed by atoms with Crippen LogP contribution in [0.1, 0.15) is 284 Å². The van der Waals surface area contributed by atoms with Crippen molar-refractivity contribution >= 4 is 25.7 Å². The molecule has 2 saturated heterocycles. The first-order chi connectivity index (χ1) is 45.8. The number of phosphoric acid groups is 1. The molecule has 3 rings (SSSR count). The van der Waals surface area contributed by atoms with Crippen molar-refractivity contribution in [1.29, 1.82) is 0 Å². The molecule has 0 aromatic heterocycles. The normalized spacial score (nSPS) is 28.1. The summed E-state index contributed by atoms with van der Waals surface area (Å²) >= 11 is 0. The van der Waals surface area contributed by atoms with Gasteiger partial charge in [-0.15, -0.1) is 0 Å². The minimum absolute atomic E-state index is 0.0309. The van der Waals surface area contributed by atoms with Gasteiger partial charge in [-0.1, -0.05) is 232 Å². The third-order valence-corrected chi connectivity index (χ3v) is 19.3. The van der Waals surface area contributed by atoms with Gasteiger partial charge in [0, 0.05) is 19.3 Å². The van der Waals surface area contributed by atoms with Crippen LogP contribution in [0.3, 0.4) is 0 Å². The van der Waals surface area contributed by atoms with Gasteiger partial charge in [-0.25, -0.2) is 4.57 Å². The molecule has 11 N–H and O–H groups in total. The SMILES string of the molecule is CCCCCCCC/C=C\CCCCCC(=O)OC(COC(=O)CCCCCCCCCCCCCCCCCC)COP(=O)(O)OC1C(OC2OC(CO)C(O)C(O)C2O)C(O)C(O)C(O)C1OC1OC(COC(=O)CCCCCCCCCCCCC)C(O)C(O)C1O. The lowest BCUT2D eigenvalue weighted by atomic mass is 9.84. The number of aliphatic hydroxyl groups is 10. The maximum Gasteiger partial charge on any atom is 0.472 e. The second-order valence-electron chi connectivity index (χ2n) is 26.7. The predicted molar refractivity (Wildman–Crippen MR) is 356 cm³/mol. The van der Waals surface area contributed by atoms with Crippen LogP contribution >= 0.6 is 7.82 Å². The molecule has 2 heterocycles. The Balaban J connectivity index is 1.75. The predicted octanol–water partition coefficient (Wildman–Crippen LogP) is 9.57. The average Bonchev–Trinajstić information content (AvgIpc) is 0.764. The van der Waals surface area contributed by atoms with E-state index in [9.17, 15) is 74.9 Å². The number of rotatable bonds is 57. The highest BCUT2D eigenvalue weighted by molar-refractivity contribution is 7.47. The van der Waals surface area contributed by atoms with E-state index in [1.54, 1.807) is 0 Å². The Morgan fingerprint density at radius 2 is 0.737 bits per heavy atom. The first-order valence-corrected chi connectivity index (χ1v) is 38.5. The second kappa shape index (κ2) is 52.6. The van der Waals surface area contributed by atoms with Gasteiger partial charge < -0.3 is 89.1 Å². The van der Waals surface area contributed by atoms with Crippen LogP contribution in [0.5, 0.6) is 0 Å². The van der Waals surface area contributed by atoms with Crippen LogP contribution in [0, 0.1) is 0 Å². The van der Waals surface area contributed by atoms with E-state index in [0.29, 0.717) is 25.7 Å². The highest BCUT2D eigenvalue weighted by Gasteiger charge is 2.58. The van der Waals surface area contributed by atoms with Crippen molar-refractivity contribution in [2.24, 2.45) is 0 Å². The zero-order valence-electron chi connectivity index (χ0n) is 58.0. The van der Waals surface area contributed by atoms with Crippen molar-refractivity contribution in [3.63, 3.8) is 0 Å². The van der Waals surface area contributed by atoms with E-state index < -0.39 is 156 Å². The maximum atomic E-state index is 14.3. The lowest BCUT2D eigenvalue weighted by Gasteiger charge is -2.49. The van der Waals surface area contributed by atoms with Crippen LogP contribution in [0.25, 0.3) is 0 Å². The summed E-state index contributed by atoms with van der Waals surface area (Å²) in [4.78, 5) is 50.9. The van der Waals surface area contributed by atoms with E-state index in [4.69, 9.17) is 42.2 Å². The van der Waals surface area contributed by atoms with E-state index in [-0.39, 0.29) is 19.3 Å². The summed E-state index contributed by atoms with van der Waals surface area (Å²) in [6.45, 7) is 3.41. The van der Waals surface area contributed by atoms with E-state index in [2.05, 4.69) is 32.9 Å². The fourth-order valence-corrected chi connectivity index (χ4v) is 13.2. The summed E-state index contributed by atoms with van der Waals surface area (Å²) in [5.41, 5.74) is 0. The third kappa shape index (κ3) is 36.2. The van der Waals surface area contributed by atoms with Gasteiger partial charge >= 0.3 is 25.7 Å². The number of phosphoric ester groups is 1. The number of carbonyl (C=O) groups excluding carboxylic acids is 3. The number of allylic oxidation sites excluding steroid dienone is 2. The van der Waals surface area contributed by atoms with Crippen molar-refractivity contribution in [2.45, 2.75) is 388 Å². The van der Waals surface area contributed by atoms with Crippen LogP contribution in [0.4, 0.5) is 0 Å². The molecule has 24 nitrogen and oxygen atoms in total. The van der Waals surface area contributed by atoms with Crippen LogP contribution in [-0.4, -0.2) is 204 Å². The Kier molecular flexibility index (Phi) is 48.2. The number of unbranched alkanes of at least 4 members (excludes halogenated alkanes) is 34. The van der Waals surface area contributed by atoms with Gasteiger partial charge in [-0.2, -0.15) is 0 Å². The van der Waals surface area contributed by atoms with Gasteiger partial charge in [-0.3, -0.25) is 23.4 Å². The number of aliphatic hydroxyl groups excluding tert-OH is 10. The van der Waals surface area contributed by atoms with Crippen molar-refractivity contribution in [2.75, 3.05) is 26.4 Å². The molecule has 95 heavy (non-hydrogen) atoms. The maximum absolute atomic E-state index is 14.3. The zero-order chi connectivity index (χ0) is 69.6. The monoisotopic (exact) mass is 1380 g/mol. The summed E-state index contributed by atoms with van der Waals surface area (Å²) in [5, 5.41) is 110. The van der Waals surface area contributed by atoms with Gasteiger partial charge in [0.25, 0.3) is 0 Å². The van der Waals surface area contributed by atoms with Crippen LogP contribution in [0.15, 0.2) is 12.2 Å². The van der Waals surface area contributed by atoms with Gasteiger partial charge in [0.1, 0.15) is 98.7 Å². The summed E-state index contributed by atoms with van der Waals surface area (Å²) in [5.74, 6) is -2.00. The minimum Gasteiger partial charge on any atom is -0.463 e. The molecule has 0 spiro atoms. The van der Waals surface area contributed by atoms with Crippen molar-refractivity contribution < 1.29 is 117 Å². The topological polar surface area (TPSA) is 374 Å². The highest BCUT2D eigenvalue weighted by atomic mass is 31.2. The summed E-state index contributed by atoms with van der Waals surface area (Å²) in [6, 6.07) is 0. The fraction of sp³-hybridized carbons (Fsp3) is 0.929. The van der Waals surface area contributed by atoms with Gasteiger partial charge in [-0.05, 0) is 44.9 Å². The number of hydrogen-bond donors (Lipinski definition) is 11. The Hall–Kier alpha value is -2.30. The molecule has 25 heteroatoms. The van der Waals surface area contributed by atoms with Gasteiger partial charge in [0.15, 0.2) is 18.7 Å². The summed E-state index contributed by atoms with van der Waals surface area (Å²) in [6.07, 6.45) is 10.2. The van der Waals surface area contributed by atoms with E-state index in [0.717, 1.165) is 83.5 Å². The largest absolute Gasteiger partial charge is 0.472 e. The molecule has 18 unspecified atom stereocenters. The van der Waals surface area contributed by atoms with Crippen molar-refractivity contribution in [3.8, 4) is 0 Å². The Morgan fingerprint density at radius 1 is 0.400 bits per heavy atom. The molecule has 558 valence electrons. The number of hydrogen-bond acceptors (Lipinski definition) is 23. The number of carbonyl (C=O) groups is 3. The van der Waals surface area contributed by atoms with Crippen molar-refractivity contribution in [3.05, 3.63) is 12.2 Å². The zero-order valence-corrected chi connectivity index (χ0v) is 58.9. The Bertz CT molecular complexity index is 2020. The van der Waals surface area contributed by atoms with Crippen LogP contribution < -0.4 is 0 Å². The van der Waals surface area contributed by atoms with E-state index >= 15 is 0 Å². The molecule has 0 amide bonds. The molecule has 1 aliphatic carbocycles. The lowest BCUT2D eigenvalue weighted by molar-refractivity contribution is -0.360. The number of ether oxygens (including phenoxy) is 7. The standard InChI is InChI=1S/C70H129O24P/c1-4-7-10-13-16-19-22-24-25-26-28-30-33-35-38-41-44-54(72)86-48-51(89-56(74)46-43-40-37-34-31-27-23-20-17-14-11-8-5-2)49-88-95(84,85)94-68-66(92-69-64(82)59(77)57(75)52(47-71)90-69)62(80)61(79)63(81)67(68)93-70-65(83)60(78)58(76)53(91-70)50-87-55(73)45-42-39-36-32-29-21-18-15-12-9-6-3/h27,31,51-53,57-71,75-83H,4-26,28-30,32-50H2,1-3H3,(H,84,85)/b31-27-. The third-order valence-electron chi connectivity index (χ3n) is 18.3. The molecule has 2 aliphatic heterocycles. The molecule has 3 fully saturated rings. The Labute approximate surface area is 567 Å². The Morgan fingerprint density at radius 3 is 1.15 bits per heavy atom. The first kappa shape index (κ1) is 86.9. The summed E-state index contributed by atoms with van der Waals surface area (Å²) in [7, 11) is -5.69. The highest BCUT2D eigenvalue weighted by Crippen LogP contribution is 2.49. The average molecular weight is 1390 g/mol. The van der Waals surface area contributed by atoms with E-state index in [1.807, 2.05) is 0 Å². The van der Waals surface area contributed by atoms with Gasteiger partial charge in [0.05, 0.1) is 13.2 Å². The molecule has 0 aromatic carbocycles.